The molecular formula is C18H13NO4. The molecule has 0 radical (unpaired) electrons. The summed E-state index contributed by atoms with van der Waals surface area (Å²) in [7, 11) is 1.48. The van der Waals surface area contributed by atoms with Gasteiger partial charge in [0.25, 0.3) is 0 Å². The predicted octanol–water partition coefficient (Wildman–Crippen LogP) is 3.57. The maximum Gasteiger partial charge on any atom is 0.235 e. The third-order valence-corrected chi connectivity index (χ3v) is 3.35. The van der Waals surface area contributed by atoms with E-state index < -0.39 is 0 Å². The molecule has 1 aromatic heterocycles. The fraction of sp³-hybridized carbons (Fsp3) is 0.111. The number of ether oxygens (including phenoxy) is 2. The Kier molecular flexibility index (Phi) is 3.98. The van der Waals surface area contributed by atoms with Gasteiger partial charge in [0.1, 0.15) is 5.58 Å². The molecule has 0 fully saturated rings. The van der Waals surface area contributed by atoms with E-state index in [9.17, 15) is 4.79 Å². The lowest BCUT2D eigenvalue weighted by atomic mass is 10.2. The Morgan fingerprint density at radius 2 is 2.00 bits per heavy atom. The number of ketones is 1. The zero-order valence-corrected chi connectivity index (χ0v) is 12.4. The average Bonchev–Trinajstić information content (AvgIpc) is 3.03. The van der Waals surface area contributed by atoms with Gasteiger partial charge in [-0.15, -0.1) is 0 Å². The minimum absolute atomic E-state index is 0.178. The van der Waals surface area contributed by atoms with Gasteiger partial charge in [0.2, 0.25) is 5.78 Å². The normalized spacial score (nSPS) is 10.3. The second-order valence-electron chi connectivity index (χ2n) is 4.84. The van der Waals surface area contributed by atoms with Crippen LogP contribution in [0.15, 0.2) is 52.9 Å². The number of Topliss-reactive ketones (excluding diaryl/α,β-unsaturated/α-hetero) is 1. The molecule has 3 aromatic rings. The van der Waals surface area contributed by atoms with Crippen LogP contribution in [-0.4, -0.2) is 19.5 Å². The summed E-state index contributed by atoms with van der Waals surface area (Å²) in [6, 6.07) is 15.9. The largest absolute Gasteiger partial charge is 0.493 e. The van der Waals surface area contributed by atoms with E-state index >= 15 is 0 Å². The number of benzene rings is 2. The van der Waals surface area contributed by atoms with E-state index in [1.807, 2.05) is 24.3 Å². The van der Waals surface area contributed by atoms with Crippen LogP contribution in [0.25, 0.3) is 11.0 Å². The number of fused-ring (bicyclic) bond motifs is 1. The number of nitriles is 1. The summed E-state index contributed by atoms with van der Waals surface area (Å²) in [6.07, 6.45) is 0. The lowest BCUT2D eigenvalue weighted by molar-refractivity contribution is 0.0894. The van der Waals surface area contributed by atoms with Crippen molar-refractivity contribution in [3.63, 3.8) is 0 Å². The molecule has 0 saturated carbocycles. The fourth-order valence-corrected chi connectivity index (χ4v) is 2.19. The molecule has 0 spiro atoms. The number of hydrogen-bond donors (Lipinski definition) is 0. The first kappa shape index (κ1) is 14.7. The minimum atomic E-state index is -0.271. The highest BCUT2D eigenvalue weighted by Gasteiger charge is 2.14. The van der Waals surface area contributed by atoms with Crippen LogP contribution in [0.2, 0.25) is 0 Å². The molecule has 3 rings (SSSR count). The Balaban J connectivity index is 1.75. The van der Waals surface area contributed by atoms with Gasteiger partial charge in [-0.2, -0.15) is 5.26 Å². The van der Waals surface area contributed by atoms with Gasteiger partial charge in [0.05, 0.1) is 18.7 Å². The first-order chi connectivity index (χ1) is 11.2. The number of para-hydroxylation sites is 1. The quantitative estimate of drug-likeness (QED) is 0.674. The van der Waals surface area contributed by atoms with Crippen molar-refractivity contribution >= 4 is 16.8 Å². The Bertz CT molecular complexity index is 872. The third-order valence-electron chi connectivity index (χ3n) is 3.35. The van der Waals surface area contributed by atoms with Crippen molar-refractivity contribution in [2.45, 2.75) is 0 Å². The van der Waals surface area contributed by atoms with Crippen molar-refractivity contribution in [3.05, 3.63) is 59.9 Å². The summed E-state index contributed by atoms with van der Waals surface area (Å²) in [5.74, 6) is 0.781. The van der Waals surface area contributed by atoms with E-state index in [2.05, 4.69) is 0 Å². The Morgan fingerprint density at radius 3 is 2.74 bits per heavy atom. The smallest absolute Gasteiger partial charge is 0.235 e. The zero-order valence-electron chi connectivity index (χ0n) is 12.4. The summed E-state index contributed by atoms with van der Waals surface area (Å²) in [5.41, 5.74) is 1.12. The average molecular weight is 307 g/mol. The Morgan fingerprint density at radius 1 is 1.17 bits per heavy atom. The van der Waals surface area contributed by atoms with E-state index in [0.29, 0.717) is 22.6 Å². The van der Waals surface area contributed by atoms with Crippen LogP contribution < -0.4 is 9.47 Å². The highest BCUT2D eigenvalue weighted by molar-refractivity contribution is 5.98. The molecule has 23 heavy (non-hydrogen) atoms. The van der Waals surface area contributed by atoms with Crippen molar-refractivity contribution in [2.75, 3.05) is 13.7 Å². The molecule has 114 valence electrons. The topological polar surface area (TPSA) is 72.5 Å². The second kappa shape index (κ2) is 6.24. The second-order valence-corrected chi connectivity index (χ2v) is 4.84. The van der Waals surface area contributed by atoms with Gasteiger partial charge in [-0.05, 0) is 24.3 Å². The van der Waals surface area contributed by atoms with Crippen molar-refractivity contribution in [2.24, 2.45) is 0 Å². The maximum absolute atomic E-state index is 12.2. The standard InChI is InChI=1S/C18H13NO4/c1-21-18-8-12(10-19)6-7-16(18)22-11-14(20)17-9-13-4-2-3-5-15(13)23-17/h2-9H,11H2,1H3. The van der Waals surface area contributed by atoms with Crippen molar-refractivity contribution in [1.29, 1.82) is 5.26 Å². The van der Waals surface area contributed by atoms with Crippen LogP contribution in [-0.2, 0) is 0 Å². The minimum Gasteiger partial charge on any atom is -0.493 e. The summed E-state index contributed by atoms with van der Waals surface area (Å²) >= 11 is 0. The van der Waals surface area contributed by atoms with Gasteiger partial charge in [0.15, 0.2) is 23.9 Å². The van der Waals surface area contributed by atoms with Crippen LogP contribution in [0.5, 0.6) is 11.5 Å². The van der Waals surface area contributed by atoms with E-state index in [1.54, 1.807) is 30.3 Å². The molecule has 0 aliphatic carbocycles. The number of nitrogens with zero attached hydrogens (tertiary/aromatic N) is 1. The van der Waals surface area contributed by atoms with Crippen LogP contribution in [0, 0.1) is 11.3 Å². The number of rotatable bonds is 5. The molecule has 0 amide bonds. The summed E-state index contributed by atoms with van der Waals surface area (Å²) in [6.45, 7) is -0.178. The fourth-order valence-electron chi connectivity index (χ4n) is 2.19. The molecule has 5 nitrogen and oxygen atoms in total. The van der Waals surface area contributed by atoms with E-state index in [-0.39, 0.29) is 18.2 Å². The molecule has 0 N–H and O–H groups in total. The van der Waals surface area contributed by atoms with Crippen LogP contribution in [0.3, 0.4) is 0 Å². The van der Waals surface area contributed by atoms with Gasteiger partial charge in [0, 0.05) is 11.5 Å². The van der Waals surface area contributed by atoms with Crippen LogP contribution in [0.4, 0.5) is 0 Å². The maximum atomic E-state index is 12.2. The van der Waals surface area contributed by atoms with Gasteiger partial charge in [-0.25, -0.2) is 0 Å². The monoisotopic (exact) mass is 307 g/mol. The van der Waals surface area contributed by atoms with Crippen LogP contribution in [0.1, 0.15) is 16.1 Å². The van der Waals surface area contributed by atoms with Gasteiger partial charge < -0.3 is 13.9 Å². The summed E-state index contributed by atoms with van der Waals surface area (Å²) < 4.78 is 16.2. The zero-order chi connectivity index (χ0) is 16.2. The summed E-state index contributed by atoms with van der Waals surface area (Å²) in [5, 5.41) is 9.74. The first-order valence-corrected chi connectivity index (χ1v) is 6.94. The van der Waals surface area contributed by atoms with Crippen molar-refractivity contribution < 1.29 is 18.7 Å². The molecule has 0 atom stereocenters. The van der Waals surface area contributed by atoms with E-state index in [0.717, 1.165) is 5.39 Å². The molecule has 2 aromatic carbocycles. The Hall–Kier alpha value is -3.26. The number of methoxy groups -OCH3 is 1. The molecular weight excluding hydrogens is 294 g/mol. The predicted molar refractivity (Wildman–Crippen MR) is 83.7 cm³/mol. The van der Waals surface area contributed by atoms with E-state index in [1.165, 1.54) is 7.11 Å². The highest BCUT2D eigenvalue weighted by Crippen LogP contribution is 2.28. The van der Waals surface area contributed by atoms with Gasteiger partial charge >= 0.3 is 0 Å². The highest BCUT2D eigenvalue weighted by atomic mass is 16.5. The number of carbonyl (C=O) groups is 1. The Labute approximate surface area is 132 Å². The summed E-state index contributed by atoms with van der Waals surface area (Å²) in [4.78, 5) is 12.2. The first-order valence-electron chi connectivity index (χ1n) is 6.94. The van der Waals surface area contributed by atoms with Gasteiger partial charge in [-0.3, -0.25) is 4.79 Å². The number of furan rings is 1. The molecule has 0 unspecified atom stereocenters. The molecule has 0 aliphatic heterocycles. The molecule has 0 bridgehead atoms. The molecule has 1 heterocycles. The van der Waals surface area contributed by atoms with Crippen LogP contribution >= 0.6 is 0 Å². The molecule has 5 heteroatoms. The van der Waals surface area contributed by atoms with Crippen molar-refractivity contribution in [3.8, 4) is 17.6 Å². The SMILES string of the molecule is COc1cc(C#N)ccc1OCC(=O)c1cc2ccccc2o1. The molecule has 0 saturated heterocycles. The number of hydrogen-bond acceptors (Lipinski definition) is 5. The third kappa shape index (κ3) is 3.01. The lowest BCUT2D eigenvalue weighted by Crippen LogP contribution is -2.11. The molecule has 0 aliphatic rings. The lowest BCUT2D eigenvalue weighted by Gasteiger charge is -2.09. The van der Waals surface area contributed by atoms with Crippen molar-refractivity contribution in [1.82, 2.24) is 0 Å². The number of carbonyl (C=O) groups excluding carboxylic acids is 1. The van der Waals surface area contributed by atoms with Gasteiger partial charge in [-0.1, -0.05) is 18.2 Å². The van der Waals surface area contributed by atoms with E-state index in [4.69, 9.17) is 19.2 Å².